The van der Waals surface area contributed by atoms with Crippen LogP contribution in [0.3, 0.4) is 0 Å². The summed E-state index contributed by atoms with van der Waals surface area (Å²) in [7, 11) is 0. The van der Waals surface area contributed by atoms with Gasteiger partial charge in [-0.05, 0) is 47.4 Å². The third-order valence-corrected chi connectivity index (χ3v) is 4.89. The lowest BCUT2D eigenvalue weighted by molar-refractivity contribution is -0.139. The number of nitrogens with one attached hydrogen (secondary N) is 3. The van der Waals surface area contributed by atoms with Crippen molar-refractivity contribution in [1.29, 1.82) is 0 Å². The van der Waals surface area contributed by atoms with E-state index in [9.17, 15) is 19.5 Å². The summed E-state index contributed by atoms with van der Waals surface area (Å²) < 4.78 is 4.76. The molecule has 9 heteroatoms. The van der Waals surface area contributed by atoms with E-state index in [1.165, 1.54) is 0 Å². The van der Waals surface area contributed by atoms with Crippen molar-refractivity contribution in [2.45, 2.75) is 25.9 Å². The topological polar surface area (TPSA) is 130 Å². The van der Waals surface area contributed by atoms with E-state index < -0.39 is 18.1 Å². The van der Waals surface area contributed by atoms with Crippen molar-refractivity contribution in [2.75, 3.05) is 11.9 Å². The van der Waals surface area contributed by atoms with Crippen molar-refractivity contribution < 1.29 is 24.2 Å². The molecule has 0 fully saturated rings. The monoisotopic (exact) mass is 462 g/mol. The molecule has 0 aliphatic carbocycles. The first-order valence-electron chi connectivity index (χ1n) is 10.7. The Balaban J connectivity index is 1.60. The molecular weight excluding hydrogens is 436 g/mol. The predicted molar refractivity (Wildman–Crippen MR) is 127 cm³/mol. The maximum Gasteiger partial charge on any atom is 0.407 e. The first-order valence-corrected chi connectivity index (χ1v) is 10.7. The van der Waals surface area contributed by atoms with Gasteiger partial charge in [0.1, 0.15) is 6.04 Å². The first-order chi connectivity index (χ1) is 16.4. The summed E-state index contributed by atoms with van der Waals surface area (Å²) in [4.78, 5) is 39.3. The van der Waals surface area contributed by atoms with Gasteiger partial charge in [0.25, 0.3) is 0 Å². The number of benzene rings is 2. The summed E-state index contributed by atoms with van der Waals surface area (Å²) in [5, 5.41) is 17.3. The molecule has 3 amide bonds. The fraction of sp³-hybridized carbons (Fsp3) is 0.200. The Hall–Kier alpha value is -4.40. The Bertz CT molecular complexity index is 1120. The van der Waals surface area contributed by atoms with Gasteiger partial charge >= 0.3 is 18.1 Å². The van der Waals surface area contributed by atoms with Crippen LogP contribution >= 0.6 is 0 Å². The number of carbonyl (C=O) groups excluding carboxylic acids is 2. The lowest BCUT2D eigenvalue weighted by atomic mass is 10.0. The van der Waals surface area contributed by atoms with E-state index in [0.29, 0.717) is 12.2 Å². The van der Waals surface area contributed by atoms with Crippen molar-refractivity contribution in [1.82, 2.24) is 15.6 Å². The van der Waals surface area contributed by atoms with Gasteiger partial charge in [-0.25, -0.2) is 14.4 Å². The van der Waals surface area contributed by atoms with Gasteiger partial charge in [-0.1, -0.05) is 42.5 Å². The van der Waals surface area contributed by atoms with Crippen molar-refractivity contribution in [3.05, 3.63) is 84.2 Å². The molecule has 0 aliphatic rings. The van der Waals surface area contributed by atoms with Crippen LogP contribution in [0.25, 0.3) is 11.1 Å². The summed E-state index contributed by atoms with van der Waals surface area (Å²) in [6.45, 7) is 2.17. The van der Waals surface area contributed by atoms with Gasteiger partial charge in [-0.3, -0.25) is 4.98 Å². The minimum atomic E-state index is -1.14. The standard InChI is InChI=1S/C25H26N4O5/c1-2-34-25(33)29-22(23(30)31)13-17-8-10-19(11-9-17)20-6-3-7-21(14-20)28-24(32)27-16-18-5-4-12-26-15-18/h3-12,14-15,22H,2,13,16H2,1H3,(H,29,33)(H,30,31)(H2,27,28,32)/t22-/m0/s1. The number of ether oxygens (including phenoxy) is 1. The van der Waals surface area contributed by atoms with Crippen LogP contribution in [0.1, 0.15) is 18.1 Å². The minimum absolute atomic E-state index is 0.118. The Morgan fingerprint density at radius 1 is 1.00 bits per heavy atom. The fourth-order valence-corrected chi connectivity index (χ4v) is 3.22. The molecule has 0 saturated heterocycles. The molecule has 0 radical (unpaired) electrons. The summed E-state index contributed by atoms with van der Waals surface area (Å²) in [5.41, 5.74) is 4.06. The number of aliphatic carboxylic acids is 1. The maximum absolute atomic E-state index is 12.2. The van der Waals surface area contributed by atoms with Crippen LogP contribution in [-0.4, -0.2) is 40.8 Å². The summed E-state index contributed by atoms with van der Waals surface area (Å²) in [6.07, 6.45) is 2.72. The smallest absolute Gasteiger partial charge is 0.407 e. The summed E-state index contributed by atoms with van der Waals surface area (Å²) in [5.74, 6) is -1.14. The number of alkyl carbamates (subject to hydrolysis) is 1. The molecule has 1 aromatic heterocycles. The Morgan fingerprint density at radius 3 is 2.47 bits per heavy atom. The van der Waals surface area contributed by atoms with E-state index in [2.05, 4.69) is 20.9 Å². The maximum atomic E-state index is 12.2. The van der Waals surface area contributed by atoms with Crippen LogP contribution in [-0.2, 0) is 22.5 Å². The average Bonchev–Trinajstić information content (AvgIpc) is 2.84. The number of pyridine rings is 1. The van der Waals surface area contributed by atoms with Gasteiger partial charge in [-0.2, -0.15) is 0 Å². The quantitative estimate of drug-likeness (QED) is 0.383. The number of carboxylic acids is 1. The normalized spacial score (nSPS) is 11.2. The van der Waals surface area contributed by atoms with Gasteiger partial charge < -0.3 is 25.8 Å². The van der Waals surface area contributed by atoms with E-state index in [0.717, 1.165) is 22.3 Å². The van der Waals surface area contributed by atoms with Crippen LogP contribution < -0.4 is 16.0 Å². The van der Waals surface area contributed by atoms with Gasteiger partial charge in [0, 0.05) is 31.0 Å². The second-order valence-corrected chi connectivity index (χ2v) is 7.41. The van der Waals surface area contributed by atoms with Gasteiger partial charge in [-0.15, -0.1) is 0 Å². The van der Waals surface area contributed by atoms with E-state index in [-0.39, 0.29) is 19.1 Å². The molecule has 9 nitrogen and oxygen atoms in total. The number of urea groups is 1. The van der Waals surface area contributed by atoms with Gasteiger partial charge in [0.2, 0.25) is 0 Å². The molecule has 0 saturated carbocycles. The van der Waals surface area contributed by atoms with E-state index in [1.807, 2.05) is 42.5 Å². The van der Waals surface area contributed by atoms with E-state index in [1.54, 1.807) is 37.5 Å². The van der Waals surface area contributed by atoms with Gasteiger partial charge in [0.15, 0.2) is 0 Å². The number of nitrogens with zero attached hydrogens (tertiary/aromatic N) is 1. The highest BCUT2D eigenvalue weighted by Crippen LogP contribution is 2.23. The van der Waals surface area contributed by atoms with E-state index >= 15 is 0 Å². The zero-order valence-electron chi connectivity index (χ0n) is 18.7. The average molecular weight is 463 g/mol. The van der Waals surface area contributed by atoms with Crippen molar-refractivity contribution >= 4 is 23.8 Å². The molecular formula is C25H26N4O5. The molecule has 1 heterocycles. The molecule has 3 rings (SSSR count). The number of hydrogen-bond donors (Lipinski definition) is 4. The highest BCUT2D eigenvalue weighted by atomic mass is 16.5. The van der Waals surface area contributed by atoms with Crippen molar-refractivity contribution in [3.8, 4) is 11.1 Å². The highest BCUT2D eigenvalue weighted by molar-refractivity contribution is 5.90. The first kappa shape index (κ1) is 24.2. The third-order valence-electron chi connectivity index (χ3n) is 4.89. The SMILES string of the molecule is CCOC(=O)N[C@@H](Cc1ccc(-c2cccc(NC(=O)NCc3cccnc3)c2)cc1)C(=O)O. The van der Waals surface area contributed by atoms with Crippen molar-refractivity contribution in [3.63, 3.8) is 0 Å². The molecule has 34 heavy (non-hydrogen) atoms. The van der Waals surface area contributed by atoms with Gasteiger partial charge in [0.05, 0.1) is 6.61 Å². The minimum Gasteiger partial charge on any atom is -0.480 e. The lowest BCUT2D eigenvalue weighted by Gasteiger charge is -2.14. The molecule has 176 valence electrons. The lowest BCUT2D eigenvalue weighted by Crippen LogP contribution is -2.42. The van der Waals surface area contributed by atoms with Crippen molar-refractivity contribution in [2.24, 2.45) is 0 Å². The van der Waals surface area contributed by atoms with E-state index in [4.69, 9.17) is 4.74 Å². The molecule has 0 spiro atoms. The van der Waals surface area contributed by atoms with Crippen LogP contribution in [0.2, 0.25) is 0 Å². The molecule has 3 aromatic rings. The zero-order valence-corrected chi connectivity index (χ0v) is 18.7. The predicted octanol–water partition coefficient (Wildman–Crippen LogP) is 3.81. The Morgan fingerprint density at radius 2 is 1.79 bits per heavy atom. The number of aromatic nitrogens is 1. The number of anilines is 1. The number of amides is 3. The fourth-order valence-electron chi connectivity index (χ4n) is 3.22. The molecule has 1 atom stereocenters. The Kier molecular flexibility index (Phi) is 8.56. The zero-order chi connectivity index (χ0) is 24.3. The van der Waals surface area contributed by atoms with Crippen LogP contribution in [0.5, 0.6) is 0 Å². The Labute approximate surface area is 197 Å². The summed E-state index contributed by atoms with van der Waals surface area (Å²) >= 11 is 0. The largest absolute Gasteiger partial charge is 0.480 e. The number of hydrogen-bond acceptors (Lipinski definition) is 5. The third kappa shape index (κ3) is 7.33. The van der Waals surface area contributed by atoms with Crippen LogP contribution in [0, 0.1) is 0 Å². The molecule has 2 aromatic carbocycles. The number of rotatable bonds is 9. The van der Waals surface area contributed by atoms with Crippen LogP contribution in [0.15, 0.2) is 73.1 Å². The second-order valence-electron chi connectivity index (χ2n) is 7.41. The number of carboxylic acid groups (broad SMARTS) is 1. The molecule has 0 unspecified atom stereocenters. The molecule has 0 aliphatic heterocycles. The highest BCUT2D eigenvalue weighted by Gasteiger charge is 2.21. The van der Waals surface area contributed by atoms with Crippen LogP contribution in [0.4, 0.5) is 15.3 Å². The second kappa shape index (κ2) is 12.0. The number of carbonyl (C=O) groups is 3. The summed E-state index contributed by atoms with van der Waals surface area (Å²) in [6, 6.07) is 17.0. The molecule has 4 N–H and O–H groups in total. The molecule has 0 bridgehead atoms.